The monoisotopic (exact) mass is 282 g/mol. The molecule has 21 heavy (non-hydrogen) atoms. The number of nitrogens with one attached hydrogen (secondary N) is 2. The van der Waals surface area contributed by atoms with Crippen molar-refractivity contribution >= 4 is 29.8 Å². The van der Waals surface area contributed by atoms with Crippen LogP contribution in [0, 0.1) is 5.41 Å². The predicted octanol–water partition coefficient (Wildman–Crippen LogP) is 1.21. The summed E-state index contributed by atoms with van der Waals surface area (Å²) in [6, 6.07) is 8.72. The van der Waals surface area contributed by atoms with Crippen LogP contribution >= 0.6 is 0 Å². The fourth-order valence-electron chi connectivity index (χ4n) is 1.75. The van der Waals surface area contributed by atoms with Crippen molar-refractivity contribution in [2.75, 3.05) is 5.32 Å². The number of amidine groups is 1. The highest BCUT2D eigenvalue weighted by Gasteiger charge is 2.05. The summed E-state index contributed by atoms with van der Waals surface area (Å²) < 4.78 is 0. The number of pyridine rings is 1. The van der Waals surface area contributed by atoms with E-state index in [4.69, 9.17) is 17.0 Å². The van der Waals surface area contributed by atoms with Crippen molar-refractivity contribution < 1.29 is 4.79 Å². The summed E-state index contributed by atoms with van der Waals surface area (Å²) in [6.45, 7) is 0. The Hall–Kier alpha value is -3.22. The van der Waals surface area contributed by atoms with Crippen molar-refractivity contribution in [2.45, 2.75) is 0 Å². The molecule has 6 N–H and O–H groups in total. The first-order valence-corrected chi connectivity index (χ1v) is 6.04. The number of nitrogens with zero attached hydrogens (tertiary/aromatic N) is 2. The molecule has 0 aliphatic heterocycles. The topological polar surface area (TPSA) is 130 Å². The van der Waals surface area contributed by atoms with Crippen molar-refractivity contribution in [1.29, 1.82) is 5.41 Å². The molecule has 0 saturated heterocycles. The van der Waals surface area contributed by atoms with Crippen LogP contribution in [0.4, 0.5) is 11.5 Å². The molecule has 0 bridgehead atoms. The van der Waals surface area contributed by atoms with Crippen molar-refractivity contribution in [2.24, 2.45) is 16.7 Å². The Balaban J connectivity index is 2.34. The summed E-state index contributed by atoms with van der Waals surface area (Å²) in [6.07, 6.45) is 3.24. The minimum Gasteiger partial charge on any atom is -0.382 e. The number of aldehydes is 1. The number of hydrogen-bond donors (Lipinski definition) is 4. The minimum atomic E-state index is 0.218. The van der Waals surface area contributed by atoms with E-state index in [-0.39, 0.29) is 5.84 Å². The Morgan fingerprint density at radius 2 is 2.19 bits per heavy atom. The van der Waals surface area contributed by atoms with Gasteiger partial charge >= 0.3 is 0 Å². The Bertz CT molecular complexity index is 710. The molecule has 2 aromatic rings. The third-order valence-corrected chi connectivity index (χ3v) is 2.79. The first-order valence-electron chi connectivity index (χ1n) is 6.04. The van der Waals surface area contributed by atoms with Crippen LogP contribution in [-0.4, -0.2) is 23.3 Å². The predicted molar refractivity (Wildman–Crippen MR) is 82.1 cm³/mol. The number of rotatable bonds is 5. The first kappa shape index (κ1) is 14.2. The van der Waals surface area contributed by atoms with Gasteiger partial charge in [0.2, 0.25) is 0 Å². The van der Waals surface area contributed by atoms with Gasteiger partial charge in [0.05, 0.1) is 0 Å². The van der Waals surface area contributed by atoms with Crippen LogP contribution in [0.15, 0.2) is 41.6 Å². The lowest BCUT2D eigenvalue weighted by Crippen LogP contribution is -2.15. The van der Waals surface area contributed by atoms with Crippen molar-refractivity contribution in [3.05, 3.63) is 53.2 Å². The normalized spacial score (nSPS) is 11.0. The maximum Gasteiger partial charge on any atom is 0.151 e. The quantitative estimate of drug-likeness (QED) is 0.215. The van der Waals surface area contributed by atoms with Gasteiger partial charge in [-0.1, -0.05) is 12.1 Å². The Morgan fingerprint density at radius 1 is 1.38 bits per heavy atom. The molecule has 0 fully saturated rings. The zero-order chi connectivity index (χ0) is 15.2. The van der Waals surface area contributed by atoms with E-state index in [1.54, 1.807) is 24.3 Å². The smallest absolute Gasteiger partial charge is 0.151 e. The zero-order valence-electron chi connectivity index (χ0n) is 11.1. The van der Waals surface area contributed by atoms with Crippen molar-refractivity contribution in [1.82, 2.24) is 4.98 Å². The summed E-state index contributed by atoms with van der Waals surface area (Å²) in [7, 11) is 0. The summed E-state index contributed by atoms with van der Waals surface area (Å²) >= 11 is 0. The molecule has 0 radical (unpaired) electrons. The third kappa shape index (κ3) is 3.21. The van der Waals surface area contributed by atoms with Gasteiger partial charge in [0.15, 0.2) is 6.29 Å². The second-order valence-electron chi connectivity index (χ2n) is 4.19. The highest BCUT2D eigenvalue weighted by molar-refractivity contribution is 5.98. The van der Waals surface area contributed by atoms with E-state index in [9.17, 15) is 4.79 Å². The Labute approximate surface area is 121 Å². The Kier molecular flexibility index (Phi) is 4.25. The summed E-state index contributed by atoms with van der Waals surface area (Å²) in [5.74, 6) is 5.84. The maximum absolute atomic E-state index is 10.7. The van der Waals surface area contributed by atoms with Gasteiger partial charge in [-0.05, 0) is 18.2 Å². The van der Waals surface area contributed by atoms with E-state index in [1.807, 2.05) is 6.07 Å². The maximum atomic E-state index is 10.7. The second-order valence-corrected chi connectivity index (χ2v) is 4.19. The van der Waals surface area contributed by atoms with Gasteiger partial charge in [0.1, 0.15) is 11.7 Å². The molecule has 2 rings (SSSR count). The van der Waals surface area contributed by atoms with Crippen LogP contribution in [0.1, 0.15) is 21.5 Å². The second kappa shape index (κ2) is 6.29. The van der Waals surface area contributed by atoms with Crippen molar-refractivity contribution in [3.8, 4) is 0 Å². The lowest BCUT2D eigenvalue weighted by atomic mass is 10.1. The molecule has 0 spiro atoms. The lowest BCUT2D eigenvalue weighted by Gasteiger charge is -2.10. The SMILES string of the molecule is N=Cc1cc(C=O)cnc1Nc1cccc(/C(N)=N/N)c1. The van der Waals surface area contributed by atoms with E-state index in [0.717, 1.165) is 6.21 Å². The largest absolute Gasteiger partial charge is 0.382 e. The van der Waals surface area contributed by atoms with Crippen LogP contribution in [0.2, 0.25) is 0 Å². The van der Waals surface area contributed by atoms with E-state index >= 15 is 0 Å². The summed E-state index contributed by atoms with van der Waals surface area (Å²) in [5, 5.41) is 13.9. The van der Waals surface area contributed by atoms with Gasteiger partial charge in [-0.15, -0.1) is 0 Å². The number of carbonyl (C=O) groups is 1. The first-order chi connectivity index (χ1) is 10.2. The molecule has 1 heterocycles. The molecule has 0 aliphatic carbocycles. The molecule has 0 atom stereocenters. The van der Waals surface area contributed by atoms with E-state index in [0.29, 0.717) is 34.5 Å². The molecule has 1 aromatic heterocycles. The molecule has 7 heteroatoms. The number of anilines is 2. The van der Waals surface area contributed by atoms with Crippen molar-refractivity contribution in [3.63, 3.8) is 0 Å². The van der Waals surface area contributed by atoms with Crippen LogP contribution in [0.3, 0.4) is 0 Å². The fraction of sp³-hybridized carbons (Fsp3) is 0. The number of hydrogen-bond acceptors (Lipinski definition) is 6. The molecule has 106 valence electrons. The fourth-order valence-corrected chi connectivity index (χ4v) is 1.75. The van der Waals surface area contributed by atoms with Gasteiger partial charge in [0, 0.05) is 34.8 Å². The Morgan fingerprint density at radius 3 is 2.86 bits per heavy atom. The molecular weight excluding hydrogens is 268 g/mol. The van der Waals surface area contributed by atoms with Crippen LogP contribution in [-0.2, 0) is 0 Å². The summed E-state index contributed by atoms with van der Waals surface area (Å²) in [5.41, 5.74) is 7.96. The zero-order valence-corrected chi connectivity index (χ0v) is 11.1. The van der Waals surface area contributed by atoms with Gasteiger partial charge in [-0.25, -0.2) is 4.98 Å². The van der Waals surface area contributed by atoms with Crippen LogP contribution in [0.25, 0.3) is 0 Å². The molecule has 1 aromatic carbocycles. The van der Waals surface area contributed by atoms with Gasteiger partial charge < -0.3 is 22.3 Å². The van der Waals surface area contributed by atoms with E-state index < -0.39 is 0 Å². The molecule has 0 aliphatic rings. The number of carbonyl (C=O) groups excluding carboxylic acids is 1. The molecular formula is C14H14N6O. The van der Waals surface area contributed by atoms with E-state index in [1.165, 1.54) is 6.20 Å². The van der Waals surface area contributed by atoms with E-state index in [2.05, 4.69) is 15.4 Å². The average Bonchev–Trinajstić information content (AvgIpc) is 2.54. The summed E-state index contributed by atoms with van der Waals surface area (Å²) in [4.78, 5) is 14.9. The third-order valence-electron chi connectivity index (χ3n) is 2.79. The number of benzene rings is 1. The lowest BCUT2D eigenvalue weighted by molar-refractivity contribution is 0.112. The number of hydrazone groups is 1. The molecule has 0 saturated carbocycles. The standard InChI is InChI=1S/C14H14N6O/c15-6-11-4-9(8-21)7-18-14(11)19-12-3-1-2-10(5-12)13(16)20-17/h1-8,15H,17H2,(H2,16,20)(H,18,19). The minimum absolute atomic E-state index is 0.218. The molecule has 0 unspecified atom stereocenters. The highest BCUT2D eigenvalue weighted by atomic mass is 16.1. The number of aromatic nitrogens is 1. The van der Waals surface area contributed by atoms with Gasteiger partial charge in [-0.3, -0.25) is 4.79 Å². The average molecular weight is 282 g/mol. The molecule has 0 amide bonds. The highest BCUT2D eigenvalue weighted by Crippen LogP contribution is 2.19. The van der Waals surface area contributed by atoms with Crippen LogP contribution < -0.4 is 16.9 Å². The molecule has 7 nitrogen and oxygen atoms in total. The van der Waals surface area contributed by atoms with Gasteiger partial charge in [-0.2, -0.15) is 5.10 Å². The number of nitrogens with two attached hydrogens (primary N) is 2. The van der Waals surface area contributed by atoms with Gasteiger partial charge in [0.25, 0.3) is 0 Å². The van der Waals surface area contributed by atoms with Crippen LogP contribution in [0.5, 0.6) is 0 Å².